The molecule has 9 heteroatoms. The third-order valence-corrected chi connectivity index (χ3v) is 4.92. The van der Waals surface area contributed by atoms with Crippen molar-refractivity contribution in [3.8, 4) is 0 Å². The molecule has 2 N–H and O–H groups in total. The van der Waals surface area contributed by atoms with Crippen molar-refractivity contribution in [2.45, 2.75) is 30.0 Å². The Balaban J connectivity index is 2.10. The summed E-state index contributed by atoms with van der Waals surface area (Å²) < 4.78 is 64.1. The zero-order chi connectivity index (χ0) is 15.7. The van der Waals surface area contributed by atoms with Crippen LogP contribution >= 0.6 is 11.6 Å². The SMILES string of the molecule is O=S(=O)(NCCNC1CC1)c1cc(C(F)(F)F)ccc1Cl. The fourth-order valence-electron chi connectivity index (χ4n) is 1.71. The first-order chi connectivity index (χ1) is 9.70. The first-order valence-electron chi connectivity index (χ1n) is 6.30. The molecular formula is C12H14ClF3N2O2S. The lowest BCUT2D eigenvalue weighted by atomic mass is 10.2. The summed E-state index contributed by atoms with van der Waals surface area (Å²) in [4.78, 5) is -0.564. The molecule has 4 nitrogen and oxygen atoms in total. The third-order valence-electron chi connectivity index (χ3n) is 2.98. The minimum absolute atomic E-state index is 0.0887. The van der Waals surface area contributed by atoms with E-state index in [4.69, 9.17) is 11.6 Å². The molecule has 0 aliphatic heterocycles. The zero-order valence-electron chi connectivity index (χ0n) is 10.9. The summed E-state index contributed by atoms with van der Waals surface area (Å²) in [6.45, 7) is 0.506. The highest BCUT2D eigenvalue weighted by molar-refractivity contribution is 7.89. The van der Waals surface area contributed by atoms with Crippen molar-refractivity contribution in [2.75, 3.05) is 13.1 Å². The maximum atomic E-state index is 12.6. The van der Waals surface area contributed by atoms with E-state index in [-0.39, 0.29) is 11.6 Å². The molecule has 0 spiro atoms. The van der Waals surface area contributed by atoms with Crippen molar-refractivity contribution in [2.24, 2.45) is 0 Å². The van der Waals surface area contributed by atoms with Gasteiger partial charge in [0.2, 0.25) is 10.0 Å². The van der Waals surface area contributed by atoms with Crippen LogP contribution < -0.4 is 10.0 Å². The second-order valence-electron chi connectivity index (χ2n) is 4.77. The largest absolute Gasteiger partial charge is 0.416 e. The van der Waals surface area contributed by atoms with Gasteiger partial charge in [-0.05, 0) is 31.0 Å². The van der Waals surface area contributed by atoms with Gasteiger partial charge in [-0.1, -0.05) is 11.6 Å². The molecule has 0 radical (unpaired) electrons. The van der Waals surface area contributed by atoms with Gasteiger partial charge in [-0.2, -0.15) is 13.2 Å². The van der Waals surface area contributed by atoms with Crippen LogP contribution in [0.25, 0.3) is 0 Å². The average Bonchev–Trinajstić information content (AvgIpc) is 3.17. The zero-order valence-corrected chi connectivity index (χ0v) is 12.4. The van der Waals surface area contributed by atoms with E-state index in [2.05, 4.69) is 10.0 Å². The first kappa shape index (κ1) is 16.5. The topological polar surface area (TPSA) is 58.2 Å². The van der Waals surface area contributed by atoms with E-state index in [1.54, 1.807) is 0 Å². The van der Waals surface area contributed by atoms with Crippen LogP contribution in [0.15, 0.2) is 23.1 Å². The molecule has 1 aliphatic rings. The Bertz CT molecular complexity index is 615. The fraction of sp³-hybridized carbons (Fsp3) is 0.500. The molecule has 2 rings (SSSR count). The summed E-state index contributed by atoms with van der Waals surface area (Å²) >= 11 is 5.70. The molecule has 0 bridgehead atoms. The van der Waals surface area contributed by atoms with Gasteiger partial charge in [-0.3, -0.25) is 0 Å². The summed E-state index contributed by atoms with van der Waals surface area (Å²) in [6, 6.07) is 2.64. The molecule has 1 aliphatic carbocycles. The standard InChI is InChI=1S/C12H14ClF3N2O2S/c13-10-4-1-8(12(14,15)16)7-11(10)21(19,20)18-6-5-17-9-2-3-9/h1,4,7,9,17-18H,2-3,5-6H2. The Morgan fingerprint density at radius 3 is 2.48 bits per heavy atom. The number of hydrogen-bond acceptors (Lipinski definition) is 3. The van der Waals surface area contributed by atoms with Crippen molar-refractivity contribution < 1.29 is 21.6 Å². The van der Waals surface area contributed by atoms with Crippen LogP contribution in [0.2, 0.25) is 5.02 Å². The normalized spacial score (nSPS) is 16.2. The molecule has 1 saturated carbocycles. The second kappa shape index (κ2) is 6.12. The van der Waals surface area contributed by atoms with Crippen LogP contribution in [0, 0.1) is 0 Å². The molecule has 0 unspecified atom stereocenters. The minimum Gasteiger partial charge on any atom is -0.313 e. The fourth-order valence-corrected chi connectivity index (χ4v) is 3.27. The van der Waals surface area contributed by atoms with E-state index in [0.29, 0.717) is 18.7 Å². The number of benzene rings is 1. The second-order valence-corrected chi connectivity index (χ2v) is 6.91. The highest BCUT2D eigenvalue weighted by Crippen LogP contribution is 2.33. The van der Waals surface area contributed by atoms with Gasteiger partial charge in [0.05, 0.1) is 10.6 Å². The van der Waals surface area contributed by atoms with E-state index in [9.17, 15) is 21.6 Å². The summed E-state index contributed by atoms with van der Waals surface area (Å²) in [5.41, 5.74) is -1.05. The highest BCUT2D eigenvalue weighted by atomic mass is 35.5. The predicted molar refractivity (Wildman–Crippen MR) is 72.7 cm³/mol. The maximum absolute atomic E-state index is 12.6. The van der Waals surface area contributed by atoms with Crippen molar-refractivity contribution in [1.82, 2.24) is 10.0 Å². The van der Waals surface area contributed by atoms with E-state index in [0.717, 1.165) is 25.0 Å². The minimum atomic E-state index is -4.62. The van der Waals surface area contributed by atoms with Crippen LogP contribution in [-0.2, 0) is 16.2 Å². The molecule has 0 heterocycles. The Morgan fingerprint density at radius 2 is 1.90 bits per heavy atom. The predicted octanol–water partition coefficient (Wildman–Crippen LogP) is 2.39. The maximum Gasteiger partial charge on any atom is 0.416 e. The van der Waals surface area contributed by atoms with Gasteiger partial charge in [0.25, 0.3) is 0 Å². The summed E-state index contributed by atoms with van der Waals surface area (Å²) in [5, 5.41) is 2.85. The Labute approximate surface area is 125 Å². The Morgan fingerprint density at radius 1 is 1.24 bits per heavy atom. The number of hydrogen-bond donors (Lipinski definition) is 2. The van der Waals surface area contributed by atoms with Crippen molar-refractivity contribution in [3.63, 3.8) is 0 Å². The number of nitrogens with one attached hydrogen (secondary N) is 2. The molecule has 1 fully saturated rings. The lowest BCUT2D eigenvalue weighted by molar-refractivity contribution is -0.137. The summed E-state index contributed by atoms with van der Waals surface area (Å²) in [7, 11) is -4.07. The number of sulfonamides is 1. The van der Waals surface area contributed by atoms with E-state index in [1.807, 2.05) is 0 Å². The molecule has 21 heavy (non-hydrogen) atoms. The van der Waals surface area contributed by atoms with Gasteiger partial charge in [0, 0.05) is 19.1 Å². The van der Waals surface area contributed by atoms with Gasteiger partial charge in [0.1, 0.15) is 4.90 Å². The quantitative estimate of drug-likeness (QED) is 0.780. The Kier molecular flexibility index (Phi) is 4.82. The van der Waals surface area contributed by atoms with Crippen LogP contribution in [0.3, 0.4) is 0 Å². The monoisotopic (exact) mass is 342 g/mol. The smallest absolute Gasteiger partial charge is 0.313 e. The number of rotatable bonds is 6. The lowest BCUT2D eigenvalue weighted by Crippen LogP contribution is -2.33. The molecule has 1 aromatic carbocycles. The van der Waals surface area contributed by atoms with Crippen LogP contribution in [0.5, 0.6) is 0 Å². The van der Waals surface area contributed by atoms with E-state index in [1.165, 1.54) is 0 Å². The molecule has 1 aromatic rings. The summed E-state index contributed by atoms with van der Waals surface area (Å²) in [6.07, 6.45) is -2.50. The van der Waals surface area contributed by atoms with E-state index < -0.39 is 26.7 Å². The summed E-state index contributed by atoms with van der Waals surface area (Å²) in [5.74, 6) is 0. The van der Waals surface area contributed by atoms with Gasteiger partial charge in [-0.25, -0.2) is 13.1 Å². The molecule has 0 amide bonds. The highest BCUT2D eigenvalue weighted by Gasteiger charge is 2.32. The third kappa shape index (κ3) is 4.57. The first-order valence-corrected chi connectivity index (χ1v) is 8.16. The van der Waals surface area contributed by atoms with Gasteiger partial charge < -0.3 is 5.32 Å². The molecule has 118 valence electrons. The van der Waals surface area contributed by atoms with Gasteiger partial charge >= 0.3 is 6.18 Å². The number of alkyl halides is 3. The van der Waals surface area contributed by atoms with E-state index >= 15 is 0 Å². The van der Waals surface area contributed by atoms with Gasteiger partial charge in [-0.15, -0.1) is 0 Å². The van der Waals surface area contributed by atoms with Crippen LogP contribution in [0.1, 0.15) is 18.4 Å². The molecular weight excluding hydrogens is 329 g/mol. The van der Waals surface area contributed by atoms with Crippen LogP contribution in [-0.4, -0.2) is 27.5 Å². The molecule has 0 saturated heterocycles. The van der Waals surface area contributed by atoms with Crippen molar-refractivity contribution in [3.05, 3.63) is 28.8 Å². The Hall–Kier alpha value is -0.830. The van der Waals surface area contributed by atoms with Crippen molar-refractivity contribution in [1.29, 1.82) is 0 Å². The van der Waals surface area contributed by atoms with Crippen LogP contribution in [0.4, 0.5) is 13.2 Å². The average molecular weight is 343 g/mol. The number of halogens is 4. The lowest BCUT2D eigenvalue weighted by Gasteiger charge is -2.12. The van der Waals surface area contributed by atoms with Crippen molar-refractivity contribution >= 4 is 21.6 Å². The molecule has 0 atom stereocenters. The van der Waals surface area contributed by atoms with Gasteiger partial charge in [0.15, 0.2) is 0 Å². The molecule has 0 aromatic heterocycles.